The second-order valence-electron chi connectivity index (χ2n) is 6.00. The Morgan fingerprint density at radius 2 is 1.90 bits per heavy atom. The molecule has 6 nitrogen and oxygen atoms in total. The molecule has 0 bridgehead atoms. The summed E-state index contributed by atoms with van der Waals surface area (Å²) in [5, 5.41) is 16.3. The Hall–Kier alpha value is -2.72. The first-order chi connectivity index (χ1) is 14.5. The molecule has 2 aromatic heterocycles. The van der Waals surface area contributed by atoms with Crippen LogP contribution in [0.4, 0.5) is 5.69 Å². The van der Waals surface area contributed by atoms with Crippen LogP contribution in [-0.2, 0) is 0 Å². The molecule has 0 saturated heterocycles. The first-order valence-corrected chi connectivity index (χ1v) is 11.4. The molecule has 2 aromatic carbocycles. The van der Waals surface area contributed by atoms with Gasteiger partial charge < -0.3 is 0 Å². The largest absolute Gasteiger partial charge is 0.281 e. The molecule has 0 spiro atoms. The third-order valence-corrected chi connectivity index (χ3v) is 7.45. The molecular weight excluding hydrogens is 462 g/mol. The molecule has 1 N–H and O–H groups in total. The molecule has 0 fully saturated rings. The maximum atomic E-state index is 12.3. The second-order valence-corrected chi connectivity index (χ2v) is 10.0. The van der Waals surface area contributed by atoms with Gasteiger partial charge in [0.15, 0.2) is 0 Å². The van der Waals surface area contributed by atoms with Gasteiger partial charge in [-0.15, -0.1) is 22.7 Å². The zero-order chi connectivity index (χ0) is 21.1. The number of nitro benzene ring substituents is 1. The van der Waals surface area contributed by atoms with Crippen molar-refractivity contribution in [2.75, 3.05) is 0 Å². The highest BCUT2D eigenvalue weighted by Crippen LogP contribution is 2.33. The van der Waals surface area contributed by atoms with Gasteiger partial charge in [-0.3, -0.25) is 14.9 Å². The van der Waals surface area contributed by atoms with Gasteiger partial charge >= 0.3 is 0 Å². The average Bonchev–Trinajstić information content (AvgIpc) is 3.35. The smallest absolute Gasteiger partial charge is 0.266 e. The molecule has 0 aliphatic heterocycles. The number of benzene rings is 2. The van der Waals surface area contributed by atoms with Crippen molar-refractivity contribution < 1.29 is 9.72 Å². The Bertz CT molecular complexity index is 1270. The van der Waals surface area contributed by atoms with Crippen molar-refractivity contribution in [2.45, 2.75) is 9.10 Å². The summed E-state index contributed by atoms with van der Waals surface area (Å²) in [6.07, 6.45) is 1.59. The SMILES string of the molecule is O=C(NN=Cc1ccc(Sc2ccc(Cl)cc2)s1)c1cc2cc([N+](=O)[O-])ccc2s1. The number of carbonyl (C=O) groups excluding carboxylic acids is 1. The molecule has 0 atom stereocenters. The zero-order valence-electron chi connectivity index (χ0n) is 15.1. The Balaban J connectivity index is 1.39. The number of amides is 1. The summed E-state index contributed by atoms with van der Waals surface area (Å²) < 4.78 is 1.90. The topological polar surface area (TPSA) is 84.6 Å². The lowest BCUT2D eigenvalue weighted by Gasteiger charge is -1.97. The molecular formula is C20H12ClN3O3S3. The predicted octanol–water partition coefficient (Wildman–Crippen LogP) is 6.44. The summed E-state index contributed by atoms with van der Waals surface area (Å²) in [5.41, 5.74) is 2.50. The lowest BCUT2D eigenvalue weighted by atomic mass is 10.2. The molecule has 150 valence electrons. The Morgan fingerprint density at radius 3 is 2.67 bits per heavy atom. The number of hydrogen-bond acceptors (Lipinski definition) is 7. The highest BCUT2D eigenvalue weighted by atomic mass is 35.5. The van der Waals surface area contributed by atoms with E-state index in [0.29, 0.717) is 15.3 Å². The normalized spacial score (nSPS) is 11.2. The van der Waals surface area contributed by atoms with Gasteiger partial charge in [0.25, 0.3) is 11.6 Å². The van der Waals surface area contributed by atoms with E-state index < -0.39 is 4.92 Å². The van der Waals surface area contributed by atoms with Crippen molar-refractivity contribution in [2.24, 2.45) is 5.10 Å². The molecule has 0 aliphatic rings. The first-order valence-electron chi connectivity index (χ1n) is 8.52. The van der Waals surface area contributed by atoms with Crippen molar-refractivity contribution in [1.82, 2.24) is 5.43 Å². The quantitative estimate of drug-likeness (QED) is 0.198. The van der Waals surface area contributed by atoms with E-state index in [0.717, 1.165) is 18.7 Å². The number of non-ortho nitro benzene ring substituents is 1. The van der Waals surface area contributed by atoms with Gasteiger partial charge in [-0.05, 0) is 48.5 Å². The van der Waals surface area contributed by atoms with Crippen LogP contribution in [-0.4, -0.2) is 17.0 Å². The van der Waals surface area contributed by atoms with E-state index in [-0.39, 0.29) is 11.6 Å². The molecule has 0 radical (unpaired) electrons. The fourth-order valence-electron chi connectivity index (χ4n) is 2.54. The van der Waals surface area contributed by atoms with Crippen LogP contribution in [0.2, 0.25) is 5.02 Å². The van der Waals surface area contributed by atoms with Gasteiger partial charge in [0.2, 0.25) is 0 Å². The minimum atomic E-state index is -0.457. The molecule has 30 heavy (non-hydrogen) atoms. The third-order valence-electron chi connectivity index (χ3n) is 3.93. The van der Waals surface area contributed by atoms with Crippen molar-refractivity contribution in [1.29, 1.82) is 0 Å². The molecule has 0 aliphatic carbocycles. The highest BCUT2D eigenvalue weighted by molar-refractivity contribution is 8.01. The minimum absolute atomic E-state index is 0.00440. The van der Waals surface area contributed by atoms with E-state index in [1.807, 2.05) is 36.4 Å². The lowest BCUT2D eigenvalue weighted by Crippen LogP contribution is -2.15. The van der Waals surface area contributed by atoms with E-state index in [1.165, 1.54) is 23.5 Å². The molecule has 1 amide bonds. The maximum Gasteiger partial charge on any atom is 0.281 e. The lowest BCUT2D eigenvalue weighted by molar-refractivity contribution is -0.384. The number of halogens is 1. The van der Waals surface area contributed by atoms with Gasteiger partial charge in [0.05, 0.1) is 20.2 Å². The summed E-state index contributed by atoms with van der Waals surface area (Å²) in [7, 11) is 0. The van der Waals surface area contributed by atoms with Gasteiger partial charge in [-0.25, -0.2) is 5.43 Å². The van der Waals surface area contributed by atoms with Crippen LogP contribution < -0.4 is 5.43 Å². The summed E-state index contributed by atoms with van der Waals surface area (Å²) in [6.45, 7) is 0. The number of nitro groups is 1. The van der Waals surface area contributed by atoms with Crippen molar-refractivity contribution in [3.05, 3.63) is 85.6 Å². The van der Waals surface area contributed by atoms with Crippen LogP contribution in [0.1, 0.15) is 14.5 Å². The Kier molecular flexibility index (Phi) is 6.14. The zero-order valence-corrected chi connectivity index (χ0v) is 18.3. The van der Waals surface area contributed by atoms with Crippen LogP contribution in [0, 0.1) is 10.1 Å². The average molecular weight is 474 g/mol. The van der Waals surface area contributed by atoms with Crippen molar-refractivity contribution in [3.63, 3.8) is 0 Å². The van der Waals surface area contributed by atoms with E-state index in [2.05, 4.69) is 10.5 Å². The van der Waals surface area contributed by atoms with E-state index in [1.54, 1.807) is 41.4 Å². The number of rotatable bonds is 6. The number of nitrogens with zero attached hydrogens (tertiary/aromatic N) is 2. The Labute approximate surface area is 188 Å². The molecule has 2 heterocycles. The number of fused-ring (bicyclic) bond motifs is 1. The van der Waals surface area contributed by atoms with E-state index in [4.69, 9.17) is 11.6 Å². The number of hydrazone groups is 1. The van der Waals surface area contributed by atoms with E-state index in [9.17, 15) is 14.9 Å². The van der Waals surface area contributed by atoms with Gasteiger partial charge in [0, 0.05) is 37.0 Å². The number of thiophene rings is 2. The van der Waals surface area contributed by atoms with Gasteiger partial charge in [0.1, 0.15) is 0 Å². The maximum absolute atomic E-state index is 12.3. The van der Waals surface area contributed by atoms with Gasteiger partial charge in [-0.1, -0.05) is 23.4 Å². The van der Waals surface area contributed by atoms with Crippen LogP contribution in [0.25, 0.3) is 10.1 Å². The molecule has 4 rings (SSSR count). The summed E-state index contributed by atoms with van der Waals surface area (Å²) >= 11 is 10.3. The van der Waals surface area contributed by atoms with Crippen LogP contribution in [0.15, 0.2) is 74.9 Å². The number of nitrogens with one attached hydrogen (secondary N) is 1. The number of hydrogen-bond donors (Lipinski definition) is 1. The van der Waals surface area contributed by atoms with Crippen molar-refractivity contribution >= 4 is 73.9 Å². The van der Waals surface area contributed by atoms with Crippen molar-refractivity contribution in [3.8, 4) is 0 Å². The molecule has 0 unspecified atom stereocenters. The summed E-state index contributed by atoms with van der Waals surface area (Å²) in [6, 6.07) is 17.7. The number of carbonyl (C=O) groups is 1. The van der Waals surface area contributed by atoms with E-state index >= 15 is 0 Å². The summed E-state index contributed by atoms with van der Waals surface area (Å²) in [5.74, 6) is -0.359. The molecule has 4 aromatic rings. The molecule has 10 heteroatoms. The first kappa shape index (κ1) is 20.5. The third kappa shape index (κ3) is 4.88. The molecule has 0 saturated carbocycles. The standard InChI is InChI=1S/C20H12ClN3O3S3/c21-13-1-4-15(5-2-13)28-19-8-6-16(29-19)11-22-23-20(25)18-10-12-9-14(24(26)27)3-7-17(12)30-18/h1-11H,(H,23,25). The van der Waals surface area contributed by atoms with Crippen LogP contribution in [0.3, 0.4) is 0 Å². The fraction of sp³-hybridized carbons (Fsp3) is 0. The fourth-order valence-corrected chi connectivity index (χ4v) is 5.60. The monoisotopic (exact) mass is 473 g/mol. The van der Waals surface area contributed by atoms with Crippen LogP contribution in [0.5, 0.6) is 0 Å². The minimum Gasteiger partial charge on any atom is -0.266 e. The van der Waals surface area contributed by atoms with Gasteiger partial charge in [-0.2, -0.15) is 5.10 Å². The second kappa shape index (κ2) is 8.97. The summed E-state index contributed by atoms with van der Waals surface area (Å²) in [4.78, 5) is 25.2. The highest BCUT2D eigenvalue weighted by Gasteiger charge is 2.13. The predicted molar refractivity (Wildman–Crippen MR) is 123 cm³/mol. The Morgan fingerprint density at radius 1 is 1.10 bits per heavy atom. The van der Waals surface area contributed by atoms with Crippen LogP contribution >= 0.6 is 46.0 Å².